The number of rotatable bonds is 5. The molecule has 1 amide bonds. The number of nitrogens with two attached hydrogens (primary N) is 2. The largest absolute Gasteiger partial charge is 0.382 e. The summed E-state index contributed by atoms with van der Waals surface area (Å²) in [5.41, 5.74) is 10.7. The lowest BCUT2D eigenvalue weighted by Crippen LogP contribution is -2.15. The second-order valence-electron chi connectivity index (χ2n) is 5.36. The SMILES string of the molecule is [2H]C([2H])(c1cc(Cl)c(C(=O)[13c]2[13cH][13cH][13c](Cl)[13cH][13cH]2)c(Cl)c1)n1nnc(C(N)=O)c1N. The van der Waals surface area contributed by atoms with Gasteiger partial charge in [0.15, 0.2) is 17.3 Å². The number of carbonyl (C=O) groups is 2. The molecule has 27 heavy (non-hydrogen) atoms. The van der Waals surface area contributed by atoms with Gasteiger partial charge in [-0.1, -0.05) is 40.0 Å². The zero-order valence-electron chi connectivity index (χ0n) is 15.4. The smallest absolute Gasteiger partial charge is 0.273 e. The molecule has 3 aromatic rings. The van der Waals surface area contributed by atoms with Gasteiger partial charge in [-0.25, -0.2) is 4.68 Å². The number of nitrogens with zero attached hydrogens (tertiary/aromatic N) is 3. The number of ketones is 1. The van der Waals surface area contributed by atoms with E-state index in [9.17, 15) is 9.59 Å². The number of primary amides is 1. The van der Waals surface area contributed by atoms with Crippen molar-refractivity contribution >= 4 is 52.3 Å². The highest BCUT2D eigenvalue weighted by Crippen LogP contribution is 2.30. The van der Waals surface area contributed by atoms with Gasteiger partial charge in [-0.3, -0.25) is 9.59 Å². The molecule has 0 radical (unpaired) electrons. The summed E-state index contributed by atoms with van der Waals surface area (Å²) in [7, 11) is 0. The first-order valence-corrected chi connectivity index (χ1v) is 8.48. The third-order valence-electron chi connectivity index (χ3n) is 3.55. The van der Waals surface area contributed by atoms with Crippen molar-refractivity contribution in [2.45, 2.75) is 6.50 Å². The van der Waals surface area contributed by atoms with Gasteiger partial charge in [-0.05, 0) is 42.0 Å². The molecule has 1 heterocycles. The molecule has 0 atom stereocenters. The number of anilines is 1. The zero-order valence-corrected chi connectivity index (χ0v) is 15.7. The van der Waals surface area contributed by atoms with Crippen molar-refractivity contribution in [2.24, 2.45) is 5.73 Å². The molecule has 0 spiro atoms. The Hall–Kier alpha value is -2.61. The molecular weight excluding hydrogens is 419 g/mol. The average Bonchev–Trinajstić information content (AvgIpc) is 3.04. The van der Waals surface area contributed by atoms with Gasteiger partial charge < -0.3 is 11.5 Å². The molecule has 0 fully saturated rings. The van der Waals surface area contributed by atoms with Gasteiger partial charge in [-0.2, -0.15) is 0 Å². The summed E-state index contributed by atoms with van der Waals surface area (Å²) in [6.45, 7) is -2.39. The van der Waals surface area contributed by atoms with Crippen LogP contribution in [0.2, 0.25) is 15.1 Å². The highest BCUT2D eigenvalue weighted by Gasteiger charge is 2.19. The molecule has 0 bridgehead atoms. The monoisotopic (exact) mass is 431 g/mol. The normalized spacial score (nSPS) is 12.4. The summed E-state index contributed by atoms with van der Waals surface area (Å²) < 4.78 is 17.4. The predicted octanol–water partition coefficient (Wildman–Crippen LogP) is 3.20. The molecular formula is C17H12Cl3N5O2. The molecule has 0 aliphatic carbocycles. The van der Waals surface area contributed by atoms with Crippen LogP contribution in [0.3, 0.4) is 0 Å². The average molecular weight is 433 g/mol. The molecule has 0 unspecified atom stereocenters. The van der Waals surface area contributed by atoms with Crippen molar-refractivity contribution in [3.05, 3.63) is 73.9 Å². The summed E-state index contributed by atoms with van der Waals surface area (Å²) >= 11 is 18.3. The molecule has 3 rings (SSSR count). The van der Waals surface area contributed by atoms with Gasteiger partial charge in [0.1, 0.15) is 0 Å². The number of hydrogen-bond acceptors (Lipinski definition) is 5. The van der Waals surface area contributed by atoms with Gasteiger partial charge in [0.2, 0.25) is 0 Å². The van der Waals surface area contributed by atoms with Gasteiger partial charge in [0, 0.05) is 10.6 Å². The van der Waals surface area contributed by atoms with Crippen LogP contribution in [0.1, 0.15) is 34.7 Å². The Morgan fingerprint density at radius 2 is 1.70 bits per heavy atom. The summed E-state index contributed by atoms with van der Waals surface area (Å²) in [5.74, 6) is -1.78. The maximum absolute atomic E-state index is 12.8. The van der Waals surface area contributed by atoms with E-state index in [0.29, 0.717) is 15.3 Å². The van der Waals surface area contributed by atoms with Gasteiger partial charge in [0.25, 0.3) is 5.91 Å². The van der Waals surface area contributed by atoms with Gasteiger partial charge in [-0.15, -0.1) is 5.10 Å². The Bertz CT molecular complexity index is 1110. The number of benzene rings is 2. The number of aromatic nitrogens is 3. The summed E-state index contributed by atoms with van der Waals surface area (Å²) in [6.07, 6.45) is 0. The third-order valence-corrected chi connectivity index (χ3v) is 4.40. The first-order chi connectivity index (χ1) is 13.5. The highest BCUT2D eigenvalue weighted by atomic mass is 35.5. The van der Waals surface area contributed by atoms with Crippen LogP contribution < -0.4 is 11.5 Å². The fourth-order valence-electron chi connectivity index (χ4n) is 2.27. The van der Waals surface area contributed by atoms with Crippen LogP contribution in [-0.4, -0.2) is 26.7 Å². The van der Waals surface area contributed by atoms with E-state index in [2.05, 4.69) is 10.3 Å². The van der Waals surface area contributed by atoms with Crippen LogP contribution >= 0.6 is 34.8 Å². The second-order valence-corrected chi connectivity index (χ2v) is 6.61. The summed E-state index contributed by atoms with van der Waals surface area (Å²) in [5, 5.41) is 7.35. The zero-order chi connectivity index (χ0) is 21.5. The Morgan fingerprint density at radius 1 is 1.11 bits per heavy atom. The minimum atomic E-state index is -2.39. The number of halogens is 3. The molecule has 0 saturated heterocycles. The maximum Gasteiger partial charge on any atom is 0.273 e. The lowest BCUT2D eigenvalue weighted by molar-refractivity contribution is 0.0994. The molecule has 1 aromatic heterocycles. The molecule has 10 heteroatoms. The Kier molecular flexibility index (Phi) is 4.63. The Morgan fingerprint density at radius 3 is 2.22 bits per heavy atom. The van der Waals surface area contributed by atoms with Crippen molar-refractivity contribution in [3.8, 4) is 0 Å². The van der Waals surface area contributed by atoms with E-state index in [1.54, 1.807) is 12.1 Å². The van der Waals surface area contributed by atoms with Gasteiger partial charge in [0.05, 0.1) is 24.8 Å². The van der Waals surface area contributed by atoms with E-state index in [-0.39, 0.29) is 32.7 Å². The molecule has 2 aromatic carbocycles. The van der Waals surface area contributed by atoms with Crippen LogP contribution in [0, 0.1) is 0 Å². The van der Waals surface area contributed by atoms with E-state index in [1.807, 2.05) is 0 Å². The standard InChI is InChI=1S/C17H12Cl3N5O2/c18-10-3-1-9(2-4-10)15(26)13-11(19)5-8(6-12(13)20)7-25-16(21)14(17(22)27)23-24-25/h1-6H,7,21H2,(H2,22,27)/i1+1,2+1,3+1,4+1,7D2,9+1,10+1. The van der Waals surface area contributed by atoms with Crippen molar-refractivity contribution in [1.29, 1.82) is 0 Å². The van der Waals surface area contributed by atoms with Crippen LogP contribution in [0.25, 0.3) is 0 Å². The molecule has 0 aliphatic rings. The first kappa shape index (κ1) is 16.6. The Labute approximate surface area is 171 Å². The van der Waals surface area contributed by atoms with Crippen molar-refractivity contribution in [3.63, 3.8) is 0 Å². The third kappa shape index (κ3) is 3.90. The topological polar surface area (TPSA) is 117 Å². The van der Waals surface area contributed by atoms with Crippen LogP contribution in [0.5, 0.6) is 0 Å². The van der Waals surface area contributed by atoms with E-state index in [4.69, 9.17) is 49.0 Å². The van der Waals surface area contributed by atoms with Crippen molar-refractivity contribution < 1.29 is 12.3 Å². The fourth-order valence-corrected chi connectivity index (χ4v) is 3.05. The van der Waals surface area contributed by atoms with Crippen LogP contribution in [-0.2, 0) is 6.50 Å². The lowest BCUT2D eigenvalue weighted by atomic mass is 10.1. The van der Waals surface area contributed by atoms with E-state index < -0.39 is 18.2 Å². The maximum atomic E-state index is 12.8. The fraction of sp³-hybridized carbons (Fsp3) is 0.0588. The van der Waals surface area contributed by atoms with E-state index >= 15 is 0 Å². The van der Waals surface area contributed by atoms with Crippen LogP contribution in [0.4, 0.5) is 5.82 Å². The molecule has 0 saturated carbocycles. The Balaban J connectivity index is 2.06. The molecule has 0 aliphatic heterocycles. The predicted molar refractivity (Wildman–Crippen MR) is 103 cm³/mol. The number of amides is 1. The molecule has 4 N–H and O–H groups in total. The van der Waals surface area contributed by atoms with Crippen molar-refractivity contribution in [2.75, 3.05) is 5.73 Å². The molecule has 138 valence electrons. The number of carbonyl (C=O) groups excluding carboxylic acids is 2. The highest BCUT2D eigenvalue weighted by molar-refractivity contribution is 6.41. The van der Waals surface area contributed by atoms with E-state index in [1.165, 1.54) is 24.3 Å². The first-order valence-electron chi connectivity index (χ1n) is 8.35. The summed E-state index contributed by atoms with van der Waals surface area (Å²) in [4.78, 5) is 24.1. The molecule has 7 nitrogen and oxygen atoms in total. The van der Waals surface area contributed by atoms with Crippen molar-refractivity contribution in [1.82, 2.24) is 15.0 Å². The number of hydrogen-bond donors (Lipinski definition) is 2. The minimum Gasteiger partial charge on any atom is -0.382 e. The van der Waals surface area contributed by atoms with Crippen LogP contribution in [0.15, 0.2) is 36.4 Å². The minimum absolute atomic E-state index is 0.000377. The quantitative estimate of drug-likeness (QED) is 0.600. The summed E-state index contributed by atoms with van der Waals surface area (Å²) in [6, 6.07) is 8.59. The number of nitrogen functional groups attached to an aromatic ring is 1. The second kappa shape index (κ2) is 7.56. The lowest BCUT2D eigenvalue weighted by Gasteiger charge is -2.10. The van der Waals surface area contributed by atoms with Gasteiger partial charge >= 0.3 is 0 Å². The van der Waals surface area contributed by atoms with E-state index in [0.717, 1.165) is 0 Å².